The summed E-state index contributed by atoms with van der Waals surface area (Å²) >= 11 is 0. The van der Waals surface area contributed by atoms with Gasteiger partial charge in [0.25, 0.3) is 5.69 Å². The van der Waals surface area contributed by atoms with Crippen molar-refractivity contribution in [2.24, 2.45) is 0 Å². The Morgan fingerprint density at radius 2 is 2.17 bits per heavy atom. The van der Waals surface area contributed by atoms with E-state index in [0.29, 0.717) is 6.54 Å². The van der Waals surface area contributed by atoms with Gasteiger partial charge in [0.2, 0.25) is 0 Å². The maximum absolute atomic E-state index is 10.7. The molecule has 0 fully saturated rings. The number of nitrogens with zero attached hydrogens (tertiary/aromatic N) is 3. The van der Waals surface area contributed by atoms with E-state index in [2.05, 4.69) is 5.10 Å². The number of non-ortho nitro benzene ring substituents is 1. The van der Waals surface area contributed by atoms with Crippen LogP contribution >= 0.6 is 0 Å². The lowest BCUT2D eigenvalue weighted by Gasteiger charge is -2.03. The minimum atomic E-state index is -0.400. The summed E-state index contributed by atoms with van der Waals surface area (Å²) in [6.07, 6.45) is 4.32. The molecule has 96 valence electrons. The van der Waals surface area contributed by atoms with Gasteiger partial charge in [0, 0.05) is 30.7 Å². The summed E-state index contributed by atoms with van der Waals surface area (Å²) in [5, 5.41) is 24.6. The number of aromatic nitrogens is 2. The van der Waals surface area contributed by atoms with Crippen LogP contribution in [0.1, 0.15) is 19.3 Å². The van der Waals surface area contributed by atoms with E-state index in [4.69, 9.17) is 5.11 Å². The fourth-order valence-electron chi connectivity index (χ4n) is 1.90. The number of aliphatic hydroxyl groups excluding tert-OH is 1. The Hall–Kier alpha value is -1.95. The number of aryl methyl sites for hydroxylation is 1. The Kier molecular flexibility index (Phi) is 3.88. The van der Waals surface area contributed by atoms with Crippen LogP contribution in [-0.2, 0) is 6.54 Å². The minimum Gasteiger partial charge on any atom is -0.396 e. The van der Waals surface area contributed by atoms with Gasteiger partial charge < -0.3 is 5.11 Å². The topological polar surface area (TPSA) is 81.2 Å². The van der Waals surface area contributed by atoms with Crippen LogP contribution in [0.3, 0.4) is 0 Å². The average molecular weight is 249 g/mol. The first-order valence-corrected chi connectivity index (χ1v) is 5.93. The maximum atomic E-state index is 10.7. The highest BCUT2D eigenvalue weighted by Crippen LogP contribution is 2.20. The molecule has 0 saturated carbocycles. The summed E-state index contributed by atoms with van der Waals surface area (Å²) in [5.41, 5.74) is 0.868. The first-order valence-electron chi connectivity index (χ1n) is 5.93. The molecule has 0 aliphatic rings. The smallest absolute Gasteiger partial charge is 0.271 e. The second-order valence-electron chi connectivity index (χ2n) is 4.15. The molecule has 0 atom stereocenters. The molecule has 1 N–H and O–H groups in total. The largest absolute Gasteiger partial charge is 0.396 e. The van der Waals surface area contributed by atoms with Gasteiger partial charge >= 0.3 is 0 Å². The number of fused-ring (bicyclic) bond motifs is 1. The summed E-state index contributed by atoms with van der Waals surface area (Å²) in [6.45, 7) is 0.913. The van der Waals surface area contributed by atoms with E-state index in [-0.39, 0.29) is 12.3 Å². The van der Waals surface area contributed by atoms with Gasteiger partial charge in [-0.25, -0.2) is 0 Å². The van der Waals surface area contributed by atoms with Crippen LogP contribution in [0, 0.1) is 10.1 Å². The van der Waals surface area contributed by atoms with E-state index in [1.165, 1.54) is 6.07 Å². The number of nitro benzene ring substituents is 1. The molecule has 0 aliphatic heterocycles. The van der Waals surface area contributed by atoms with Crippen molar-refractivity contribution in [1.82, 2.24) is 9.78 Å². The van der Waals surface area contributed by atoms with Crippen molar-refractivity contribution >= 4 is 16.6 Å². The molecule has 6 nitrogen and oxygen atoms in total. The van der Waals surface area contributed by atoms with Gasteiger partial charge in [0.05, 0.1) is 16.6 Å². The molecule has 0 radical (unpaired) electrons. The summed E-state index contributed by atoms with van der Waals surface area (Å²) < 4.78 is 1.78. The van der Waals surface area contributed by atoms with E-state index < -0.39 is 4.92 Å². The highest BCUT2D eigenvalue weighted by molar-refractivity contribution is 5.80. The summed E-state index contributed by atoms with van der Waals surface area (Å²) in [7, 11) is 0. The molecule has 18 heavy (non-hydrogen) atoms. The normalized spacial score (nSPS) is 10.9. The van der Waals surface area contributed by atoms with Crippen molar-refractivity contribution in [3.05, 3.63) is 34.5 Å². The first kappa shape index (κ1) is 12.5. The molecule has 2 rings (SSSR count). The number of hydrogen-bond acceptors (Lipinski definition) is 4. The molecule has 2 aromatic rings. The van der Waals surface area contributed by atoms with Crippen LogP contribution in [0.15, 0.2) is 24.4 Å². The van der Waals surface area contributed by atoms with Gasteiger partial charge in [-0.15, -0.1) is 0 Å². The van der Waals surface area contributed by atoms with Gasteiger partial charge in [-0.2, -0.15) is 5.10 Å². The Morgan fingerprint density at radius 1 is 1.33 bits per heavy atom. The second kappa shape index (κ2) is 5.59. The summed E-state index contributed by atoms with van der Waals surface area (Å²) in [4.78, 5) is 10.3. The fourth-order valence-corrected chi connectivity index (χ4v) is 1.90. The number of rotatable bonds is 6. The Labute approximate surface area is 104 Å². The van der Waals surface area contributed by atoms with E-state index in [1.807, 2.05) is 0 Å². The monoisotopic (exact) mass is 249 g/mol. The number of nitro groups is 1. The van der Waals surface area contributed by atoms with Crippen molar-refractivity contribution in [3.63, 3.8) is 0 Å². The Balaban J connectivity index is 2.17. The van der Waals surface area contributed by atoms with Crippen LogP contribution in [0.5, 0.6) is 0 Å². The highest BCUT2D eigenvalue weighted by atomic mass is 16.6. The minimum absolute atomic E-state index is 0.0830. The quantitative estimate of drug-likeness (QED) is 0.483. The third kappa shape index (κ3) is 2.65. The van der Waals surface area contributed by atoms with Crippen molar-refractivity contribution in [3.8, 4) is 0 Å². The highest BCUT2D eigenvalue weighted by Gasteiger charge is 2.09. The molecular formula is C12H15N3O3. The van der Waals surface area contributed by atoms with E-state index >= 15 is 0 Å². The SMILES string of the molecule is O=[N+]([O-])c1ccc2cnn(CCCCCO)c2c1. The number of aliphatic hydroxyl groups is 1. The Bertz CT molecular complexity index is 550. The predicted octanol–water partition coefficient (Wildman–Crippen LogP) is 2.11. The zero-order valence-corrected chi connectivity index (χ0v) is 9.95. The number of unbranched alkanes of at least 4 members (excludes halogenated alkanes) is 2. The second-order valence-corrected chi connectivity index (χ2v) is 4.15. The molecule has 0 aliphatic carbocycles. The molecule has 0 spiro atoms. The van der Waals surface area contributed by atoms with Gasteiger partial charge in [-0.3, -0.25) is 14.8 Å². The Morgan fingerprint density at radius 3 is 2.89 bits per heavy atom. The molecular weight excluding hydrogens is 234 g/mol. The molecule has 0 bridgehead atoms. The van der Waals surface area contributed by atoms with Crippen molar-refractivity contribution in [2.75, 3.05) is 6.61 Å². The molecule has 0 saturated heterocycles. The lowest BCUT2D eigenvalue weighted by atomic mass is 10.2. The number of hydrogen-bond donors (Lipinski definition) is 1. The molecule has 1 heterocycles. The molecule has 0 unspecified atom stereocenters. The number of benzene rings is 1. The average Bonchev–Trinajstić information content (AvgIpc) is 2.77. The van der Waals surface area contributed by atoms with Gasteiger partial charge in [-0.05, 0) is 25.3 Å². The van der Waals surface area contributed by atoms with Crippen LogP contribution in [-0.4, -0.2) is 26.4 Å². The molecule has 6 heteroatoms. The van der Waals surface area contributed by atoms with Gasteiger partial charge in [0.1, 0.15) is 0 Å². The summed E-state index contributed by atoms with van der Waals surface area (Å²) in [5.74, 6) is 0. The molecule has 1 aromatic heterocycles. The lowest BCUT2D eigenvalue weighted by molar-refractivity contribution is -0.384. The third-order valence-electron chi connectivity index (χ3n) is 2.87. The van der Waals surface area contributed by atoms with Crippen molar-refractivity contribution in [2.45, 2.75) is 25.8 Å². The lowest BCUT2D eigenvalue weighted by Crippen LogP contribution is -2.00. The van der Waals surface area contributed by atoms with E-state index in [1.54, 1.807) is 23.0 Å². The van der Waals surface area contributed by atoms with Crippen LogP contribution in [0.4, 0.5) is 5.69 Å². The van der Waals surface area contributed by atoms with Crippen LogP contribution in [0.25, 0.3) is 10.9 Å². The zero-order valence-electron chi connectivity index (χ0n) is 9.95. The summed E-state index contributed by atoms with van der Waals surface area (Å²) in [6, 6.07) is 4.75. The molecule has 0 amide bonds. The molecule has 1 aromatic carbocycles. The fraction of sp³-hybridized carbons (Fsp3) is 0.417. The first-order chi connectivity index (χ1) is 8.72. The van der Waals surface area contributed by atoms with Crippen LogP contribution < -0.4 is 0 Å². The standard InChI is InChI=1S/C12H15N3O3/c16-7-3-1-2-6-14-12-8-11(15(17)18)5-4-10(12)9-13-14/h4-5,8-9,16H,1-3,6-7H2. The predicted molar refractivity (Wildman–Crippen MR) is 67.3 cm³/mol. The van der Waals surface area contributed by atoms with Gasteiger partial charge in [-0.1, -0.05) is 0 Å². The maximum Gasteiger partial charge on any atom is 0.271 e. The van der Waals surface area contributed by atoms with E-state index in [0.717, 1.165) is 30.2 Å². The van der Waals surface area contributed by atoms with Crippen molar-refractivity contribution in [1.29, 1.82) is 0 Å². The van der Waals surface area contributed by atoms with Gasteiger partial charge in [0.15, 0.2) is 0 Å². The van der Waals surface area contributed by atoms with Crippen molar-refractivity contribution < 1.29 is 10.0 Å². The van der Waals surface area contributed by atoms with Crippen LogP contribution in [0.2, 0.25) is 0 Å². The van der Waals surface area contributed by atoms with E-state index in [9.17, 15) is 10.1 Å². The zero-order chi connectivity index (χ0) is 13.0. The third-order valence-corrected chi connectivity index (χ3v) is 2.87.